The van der Waals surface area contributed by atoms with Crippen LogP contribution in [-0.2, 0) is 19.2 Å². The molecule has 0 saturated carbocycles. The van der Waals surface area contributed by atoms with E-state index in [-0.39, 0.29) is 25.9 Å². The molecule has 2 N–H and O–H groups in total. The SMILES string of the molecule is [N-]=[N+]=NCCCC[C@H](NC(=O)CCN1C(=O)C=CC1=O)C(=O)O. The van der Waals surface area contributed by atoms with Gasteiger partial charge in [-0.15, -0.1) is 0 Å². The van der Waals surface area contributed by atoms with E-state index in [0.29, 0.717) is 12.8 Å². The molecule has 0 bridgehead atoms. The van der Waals surface area contributed by atoms with Crippen molar-refractivity contribution in [2.45, 2.75) is 31.7 Å². The van der Waals surface area contributed by atoms with Crippen LogP contribution in [0.3, 0.4) is 0 Å². The van der Waals surface area contributed by atoms with Gasteiger partial charge in [0.25, 0.3) is 11.8 Å². The predicted molar refractivity (Wildman–Crippen MR) is 77.9 cm³/mol. The standard InChI is InChI=1S/C13H17N5O5/c14-17-15-7-2-1-3-9(13(22)23)16-10(19)6-8-18-11(20)4-5-12(18)21/h4-5,9H,1-3,6-8H2,(H,16,19)(H,22,23)/t9-/m0/s1. The molecule has 1 aliphatic rings. The molecule has 124 valence electrons. The lowest BCUT2D eigenvalue weighted by molar-refractivity contribution is -0.143. The van der Waals surface area contributed by atoms with Crippen molar-refractivity contribution >= 4 is 23.7 Å². The number of carbonyl (C=O) groups is 4. The molecule has 1 aliphatic heterocycles. The summed E-state index contributed by atoms with van der Waals surface area (Å²) in [5.74, 6) is -2.71. The zero-order valence-corrected chi connectivity index (χ0v) is 12.3. The fourth-order valence-corrected chi connectivity index (χ4v) is 1.96. The summed E-state index contributed by atoms with van der Waals surface area (Å²) < 4.78 is 0. The van der Waals surface area contributed by atoms with Gasteiger partial charge >= 0.3 is 5.97 Å². The number of azide groups is 1. The Morgan fingerprint density at radius 1 is 1.30 bits per heavy atom. The number of hydrogen-bond donors (Lipinski definition) is 2. The number of imide groups is 1. The molecule has 1 heterocycles. The van der Waals surface area contributed by atoms with Crippen LogP contribution in [0.1, 0.15) is 25.7 Å². The average molecular weight is 323 g/mol. The van der Waals surface area contributed by atoms with E-state index < -0.39 is 29.7 Å². The normalized spacial score (nSPS) is 14.5. The number of nitrogens with zero attached hydrogens (tertiary/aromatic N) is 4. The summed E-state index contributed by atoms with van der Waals surface area (Å²) in [6.07, 6.45) is 3.26. The molecule has 0 aromatic rings. The third kappa shape index (κ3) is 6.18. The predicted octanol–water partition coefficient (Wildman–Crippen LogP) is 0.351. The van der Waals surface area contributed by atoms with Gasteiger partial charge in [0, 0.05) is 36.6 Å². The molecule has 3 amide bonds. The van der Waals surface area contributed by atoms with Crippen LogP contribution < -0.4 is 5.32 Å². The number of carboxylic acids is 1. The molecule has 0 aliphatic carbocycles. The molecule has 0 spiro atoms. The maximum absolute atomic E-state index is 11.8. The van der Waals surface area contributed by atoms with E-state index in [1.807, 2.05) is 0 Å². The van der Waals surface area contributed by atoms with Crippen molar-refractivity contribution in [2.75, 3.05) is 13.1 Å². The van der Waals surface area contributed by atoms with Crippen LogP contribution in [0.4, 0.5) is 0 Å². The summed E-state index contributed by atoms with van der Waals surface area (Å²) in [5.41, 5.74) is 8.12. The van der Waals surface area contributed by atoms with Crippen molar-refractivity contribution in [2.24, 2.45) is 5.11 Å². The summed E-state index contributed by atoms with van der Waals surface area (Å²) in [6.45, 7) is 0.169. The lowest BCUT2D eigenvalue weighted by Gasteiger charge is -2.16. The van der Waals surface area contributed by atoms with Gasteiger partial charge in [0.2, 0.25) is 5.91 Å². The number of rotatable bonds is 10. The first-order valence-corrected chi connectivity index (χ1v) is 7.02. The second-order valence-corrected chi connectivity index (χ2v) is 4.82. The molecule has 10 heteroatoms. The number of hydrogen-bond acceptors (Lipinski definition) is 5. The van der Waals surface area contributed by atoms with E-state index in [4.69, 9.17) is 10.6 Å². The Bertz CT molecular complexity index is 549. The molecule has 0 fully saturated rings. The molecule has 0 saturated heterocycles. The lowest BCUT2D eigenvalue weighted by Crippen LogP contribution is -2.42. The fourth-order valence-electron chi connectivity index (χ4n) is 1.96. The molecule has 10 nitrogen and oxygen atoms in total. The van der Waals surface area contributed by atoms with Crippen LogP contribution >= 0.6 is 0 Å². The smallest absolute Gasteiger partial charge is 0.326 e. The average Bonchev–Trinajstić information content (AvgIpc) is 2.82. The summed E-state index contributed by atoms with van der Waals surface area (Å²) in [7, 11) is 0. The molecule has 0 radical (unpaired) electrons. The van der Waals surface area contributed by atoms with Crippen molar-refractivity contribution in [3.63, 3.8) is 0 Å². The Kier molecular flexibility index (Phi) is 7.28. The number of carboxylic acid groups (broad SMARTS) is 1. The van der Waals surface area contributed by atoms with Crippen LogP contribution in [0, 0.1) is 0 Å². The van der Waals surface area contributed by atoms with E-state index in [1.165, 1.54) is 0 Å². The minimum Gasteiger partial charge on any atom is -0.480 e. The first-order valence-electron chi connectivity index (χ1n) is 7.02. The van der Waals surface area contributed by atoms with E-state index in [1.54, 1.807) is 0 Å². The third-order valence-electron chi connectivity index (χ3n) is 3.16. The number of amides is 3. The summed E-state index contributed by atoms with van der Waals surface area (Å²) in [6, 6.07) is -1.06. The van der Waals surface area contributed by atoms with E-state index in [0.717, 1.165) is 17.1 Å². The van der Waals surface area contributed by atoms with Crippen molar-refractivity contribution in [1.29, 1.82) is 0 Å². The third-order valence-corrected chi connectivity index (χ3v) is 3.16. The molecular formula is C13H17N5O5. The van der Waals surface area contributed by atoms with Gasteiger partial charge in [-0.25, -0.2) is 4.79 Å². The van der Waals surface area contributed by atoms with Gasteiger partial charge in [0.15, 0.2) is 0 Å². The molecule has 23 heavy (non-hydrogen) atoms. The van der Waals surface area contributed by atoms with Gasteiger partial charge in [-0.05, 0) is 18.4 Å². The van der Waals surface area contributed by atoms with Crippen LogP contribution in [-0.4, -0.2) is 52.8 Å². The Balaban J connectivity index is 2.36. The number of carbonyl (C=O) groups excluding carboxylic acids is 3. The number of nitrogens with one attached hydrogen (secondary N) is 1. The molecule has 1 rings (SSSR count). The highest BCUT2D eigenvalue weighted by molar-refractivity contribution is 6.13. The lowest BCUT2D eigenvalue weighted by atomic mass is 10.1. The maximum atomic E-state index is 11.8. The Labute approximate surface area is 131 Å². The van der Waals surface area contributed by atoms with Gasteiger partial charge in [-0.3, -0.25) is 19.3 Å². The first-order chi connectivity index (χ1) is 11.0. The fraction of sp³-hybridized carbons (Fsp3) is 0.538. The summed E-state index contributed by atoms with van der Waals surface area (Å²) in [5, 5.41) is 14.7. The van der Waals surface area contributed by atoms with Gasteiger partial charge in [-0.2, -0.15) is 0 Å². The second kappa shape index (κ2) is 9.21. The highest BCUT2D eigenvalue weighted by atomic mass is 16.4. The van der Waals surface area contributed by atoms with Crippen molar-refractivity contribution in [3.8, 4) is 0 Å². The van der Waals surface area contributed by atoms with E-state index >= 15 is 0 Å². The summed E-state index contributed by atoms with van der Waals surface area (Å²) in [4.78, 5) is 49.0. The van der Waals surface area contributed by atoms with E-state index in [9.17, 15) is 19.2 Å². The molecule has 0 unspecified atom stereocenters. The zero-order chi connectivity index (χ0) is 17.2. The minimum atomic E-state index is -1.17. The Morgan fingerprint density at radius 2 is 1.96 bits per heavy atom. The highest BCUT2D eigenvalue weighted by Crippen LogP contribution is 2.06. The number of aliphatic carboxylic acids is 1. The van der Waals surface area contributed by atoms with Crippen LogP contribution in [0.15, 0.2) is 17.3 Å². The second-order valence-electron chi connectivity index (χ2n) is 4.82. The summed E-state index contributed by atoms with van der Waals surface area (Å²) >= 11 is 0. The molecule has 0 aromatic carbocycles. The zero-order valence-electron chi connectivity index (χ0n) is 12.3. The highest BCUT2D eigenvalue weighted by Gasteiger charge is 2.25. The molecule has 1 atom stereocenters. The van der Waals surface area contributed by atoms with Gasteiger partial charge in [0.05, 0.1) is 0 Å². The number of unbranched alkanes of at least 4 members (excludes halogenated alkanes) is 1. The minimum absolute atomic E-state index is 0.0975. The van der Waals surface area contributed by atoms with Crippen molar-refractivity contribution in [3.05, 3.63) is 22.6 Å². The maximum Gasteiger partial charge on any atom is 0.326 e. The van der Waals surface area contributed by atoms with Gasteiger partial charge in [0.1, 0.15) is 6.04 Å². The molecular weight excluding hydrogens is 306 g/mol. The van der Waals surface area contributed by atoms with Gasteiger partial charge in [-0.1, -0.05) is 11.5 Å². The van der Waals surface area contributed by atoms with Gasteiger partial charge < -0.3 is 10.4 Å². The van der Waals surface area contributed by atoms with Crippen molar-refractivity contribution in [1.82, 2.24) is 10.2 Å². The van der Waals surface area contributed by atoms with Crippen LogP contribution in [0.5, 0.6) is 0 Å². The first kappa shape index (κ1) is 18.2. The van der Waals surface area contributed by atoms with E-state index in [2.05, 4.69) is 15.3 Å². The van der Waals surface area contributed by atoms with Crippen LogP contribution in [0.25, 0.3) is 10.4 Å². The Hall–Kier alpha value is -2.87. The Morgan fingerprint density at radius 3 is 2.52 bits per heavy atom. The quantitative estimate of drug-likeness (QED) is 0.195. The van der Waals surface area contributed by atoms with Crippen molar-refractivity contribution < 1.29 is 24.3 Å². The monoisotopic (exact) mass is 323 g/mol. The molecule has 0 aromatic heterocycles. The topological polar surface area (TPSA) is 153 Å². The largest absolute Gasteiger partial charge is 0.480 e. The van der Waals surface area contributed by atoms with Crippen LogP contribution in [0.2, 0.25) is 0 Å².